The zero-order chi connectivity index (χ0) is 17.1. The monoisotopic (exact) mass is 354 g/mol. The summed E-state index contributed by atoms with van der Waals surface area (Å²) in [4.78, 5) is 7.60. The Hall–Kier alpha value is -2.27. The molecule has 3 heterocycles. The summed E-state index contributed by atoms with van der Waals surface area (Å²) in [5, 5.41) is 20.0. The summed E-state index contributed by atoms with van der Waals surface area (Å²) in [6.07, 6.45) is 1.52. The number of fused-ring (bicyclic) bond motifs is 3. The summed E-state index contributed by atoms with van der Waals surface area (Å²) in [5.41, 5.74) is 4.81. The Balaban J connectivity index is 1.74. The highest BCUT2D eigenvalue weighted by molar-refractivity contribution is 7.16. The van der Waals surface area contributed by atoms with E-state index >= 15 is 0 Å². The van der Waals surface area contributed by atoms with Crippen LogP contribution in [0.15, 0.2) is 23.7 Å². The van der Waals surface area contributed by atoms with Crippen LogP contribution in [-0.2, 0) is 6.54 Å². The molecule has 7 heteroatoms. The van der Waals surface area contributed by atoms with Gasteiger partial charge in [-0.1, -0.05) is 6.07 Å². The smallest absolute Gasteiger partial charge is 0.149 e. The quantitative estimate of drug-likeness (QED) is 0.767. The summed E-state index contributed by atoms with van der Waals surface area (Å²) in [6, 6.07) is 6.88. The van der Waals surface area contributed by atoms with E-state index in [1.54, 1.807) is 11.6 Å². The number of thiazole rings is 1. The molecular formula is C18H15FN4OS. The summed E-state index contributed by atoms with van der Waals surface area (Å²) in [6.45, 7) is 1.60. The third kappa shape index (κ3) is 2.15. The van der Waals surface area contributed by atoms with Crippen LogP contribution in [-0.4, -0.2) is 32.1 Å². The Labute approximate surface area is 147 Å². The van der Waals surface area contributed by atoms with Crippen LogP contribution in [0, 0.1) is 17.1 Å². The maximum Gasteiger partial charge on any atom is 0.149 e. The van der Waals surface area contributed by atoms with Crippen LogP contribution in [0.2, 0.25) is 0 Å². The van der Waals surface area contributed by atoms with E-state index in [1.807, 2.05) is 6.07 Å². The van der Waals surface area contributed by atoms with Crippen LogP contribution in [0.3, 0.4) is 0 Å². The van der Waals surface area contributed by atoms with E-state index in [9.17, 15) is 9.50 Å². The molecule has 1 aliphatic heterocycles. The van der Waals surface area contributed by atoms with E-state index in [0.717, 1.165) is 47.5 Å². The molecule has 3 aromatic rings. The number of rotatable bonds is 2. The number of halogens is 1. The normalized spacial score (nSPS) is 20.6. The first kappa shape index (κ1) is 15.0. The van der Waals surface area contributed by atoms with Crippen molar-refractivity contribution in [3.63, 3.8) is 0 Å². The number of benzene rings is 1. The molecule has 25 heavy (non-hydrogen) atoms. The minimum absolute atomic E-state index is 0.0199. The molecule has 5 nitrogen and oxygen atoms in total. The van der Waals surface area contributed by atoms with E-state index in [2.05, 4.69) is 14.5 Å². The van der Waals surface area contributed by atoms with Gasteiger partial charge in [0, 0.05) is 24.7 Å². The lowest BCUT2D eigenvalue weighted by molar-refractivity contribution is -0.0254. The number of hydrogen-bond donors (Lipinski definition) is 1. The Kier molecular flexibility index (Phi) is 3.22. The van der Waals surface area contributed by atoms with Gasteiger partial charge in [0.1, 0.15) is 28.5 Å². The van der Waals surface area contributed by atoms with Crippen molar-refractivity contribution in [1.82, 2.24) is 14.5 Å². The Morgan fingerprint density at radius 2 is 2.16 bits per heavy atom. The molecule has 1 saturated carbocycles. The molecule has 1 aliphatic carbocycles. The standard InChI is InChI=1S/C18H15FN4OS/c19-13-7-10(1-2-11(13)8-20)14-15-18(25-9-21-15)23-6-5-22(12-3-4-12)17(24)16(14)23/h1-2,7,9,12,17,24H,3-6H2. The molecular weight excluding hydrogens is 339 g/mol. The summed E-state index contributed by atoms with van der Waals surface area (Å²) in [5.74, 6) is -0.548. The number of hydrogen-bond acceptors (Lipinski definition) is 5. The van der Waals surface area contributed by atoms with Crippen molar-refractivity contribution >= 4 is 21.7 Å². The van der Waals surface area contributed by atoms with Crippen LogP contribution < -0.4 is 0 Å². The van der Waals surface area contributed by atoms with Crippen LogP contribution in [0.1, 0.15) is 30.3 Å². The van der Waals surface area contributed by atoms with Gasteiger partial charge < -0.3 is 9.67 Å². The van der Waals surface area contributed by atoms with E-state index in [0.29, 0.717) is 11.6 Å². The number of nitriles is 1. The van der Waals surface area contributed by atoms with Gasteiger partial charge in [0.2, 0.25) is 0 Å². The van der Waals surface area contributed by atoms with Crippen molar-refractivity contribution in [2.75, 3.05) is 6.54 Å². The van der Waals surface area contributed by atoms with Crippen LogP contribution in [0.4, 0.5) is 4.39 Å². The molecule has 0 saturated heterocycles. The topological polar surface area (TPSA) is 65.1 Å². The Bertz CT molecular complexity index is 1030. The summed E-state index contributed by atoms with van der Waals surface area (Å²) < 4.78 is 16.3. The Morgan fingerprint density at radius 3 is 2.88 bits per heavy atom. The minimum atomic E-state index is -0.712. The van der Waals surface area contributed by atoms with Crippen LogP contribution >= 0.6 is 11.3 Å². The van der Waals surface area contributed by atoms with Gasteiger partial charge in [-0.3, -0.25) is 4.90 Å². The molecule has 126 valence electrons. The van der Waals surface area contributed by atoms with Gasteiger partial charge in [-0.15, -0.1) is 11.3 Å². The molecule has 1 atom stereocenters. The van der Waals surface area contributed by atoms with E-state index in [1.165, 1.54) is 23.5 Å². The molecule has 1 N–H and O–H groups in total. The minimum Gasteiger partial charge on any atom is -0.372 e. The lowest BCUT2D eigenvalue weighted by atomic mass is 10.0. The molecule has 5 rings (SSSR count). The lowest BCUT2D eigenvalue weighted by Crippen LogP contribution is -2.39. The van der Waals surface area contributed by atoms with E-state index < -0.39 is 12.0 Å². The zero-order valence-electron chi connectivity index (χ0n) is 13.3. The van der Waals surface area contributed by atoms with Gasteiger partial charge in [0.05, 0.1) is 16.8 Å². The third-order valence-corrected chi connectivity index (χ3v) is 5.96. The molecule has 0 radical (unpaired) electrons. The largest absolute Gasteiger partial charge is 0.372 e. The zero-order valence-corrected chi connectivity index (χ0v) is 14.1. The molecule has 0 bridgehead atoms. The molecule has 2 aliphatic rings. The van der Waals surface area contributed by atoms with Gasteiger partial charge in [-0.25, -0.2) is 9.37 Å². The van der Waals surface area contributed by atoms with Crippen molar-refractivity contribution in [3.8, 4) is 17.2 Å². The van der Waals surface area contributed by atoms with Gasteiger partial charge in [0.25, 0.3) is 0 Å². The SMILES string of the molecule is N#Cc1ccc(-c2c3n(c4scnc24)CCN(C2CC2)C3O)cc1F. The molecule has 1 unspecified atom stereocenters. The summed E-state index contributed by atoms with van der Waals surface area (Å²) >= 11 is 1.53. The number of aliphatic hydroxyl groups is 1. The van der Waals surface area contributed by atoms with Gasteiger partial charge in [-0.05, 0) is 30.5 Å². The molecule has 1 fully saturated rings. The van der Waals surface area contributed by atoms with Crippen molar-refractivity contribution in [3.05, 3.63) is 40.8 Å². The second-order valence-corrected chi connectivity index (χ2v) is 7.40. The highest BCUT2D eigenvalue weighted by Crippen LogP contribution is 2.44. The third-order valence-electron chi connectivity index (χ3n) is 5.11. The maximum atomic E-state index is 14.2. The predicted octanol–water partition coefficient (Wildman–Crippen LogP) is 3.24. The van der Waals surface area contributed by atoms with Crippen molar-refractivity contribution in [2.45, 2.75) is 31.7 Å². The fourth-order valence-corrected chi connectivity index (χ4v) is 4.63. The number of aliphatic hydroxyl groups excluding tert-OH is 1. The highest BCUT2D eigenvalue weighted by Gasteiger charge is 2.40. The number of nitrogens with zero attached hydrogens (tertiary/aromatic N) is 4. The van der Waals surface area contributed by atoms with Crippen molar-refractivity contribution < 1.29 is 9.50 Å². The fourth-order valence-electron chi connectivity index (χ4n) is 3.79. The summed E-state index contributed by atoms with van der Waals surface area (Å²) in [7, 11) is 0. The molecule has 0 spiro atoms. The van der Waals surface area contributed by atoms with Gasteiger partial charge in [-0.2, -0.15) is 5.26 Å². The van der Waals surface area contributed by atoms with E-state index in [-0.39, 0.29) is 5.56 Å². The van der Waals surface area contributed by atoms with Crippen molar-refractivity contribution in [1.29, 1.82) is 5.26 Å². The van der Waals surface area contributed by atoms with Gasteiger partial charge >= 0.3 is 0 Å². The second-order valence-electron chi connectivity index (χ2n) is 6.57. The van der Waals surface area contributed by atoms with Gasteiger partial charge in [0.15, 0.2) is 0 Å². The van der Waals surface area contributed by atoms with Crippen LogP contribution in [0.5, 0.6) is 0 Å². The first-order valence-electron chi connectivity index (χ1n) is 8.28. The second kappa shape index (κ2) is 5.36. The lowest BCUT2D eigenvalue weighted by Gasteiger charge is -2.34. The first-order valence-corrected chi connectivity index (χ1v) is 9.16. The molecule has 1 aromatic carbocycles. The highest BCUT2D eigenvalue weighted by atomic mass is 32.1. The molecule has 2 aromatic heterocycles. The Morgan fingerprint density at radius 1 is 1.32 bits per heavy atom. The van der Waals surface area contributed by atoms with E-state index in [4.69, 9.17) is 5.26 Å². The maximum absolute atomic E-state index is 14.2. The first-order chi connectivity index (χ1) is 12.2. The van der Waals surface area contributed by atoms with Crippen molar-refractivity contribution in [2.24, 2.45) is 0 Å². The predicted molar refractivity (Wildman–Crippen MR) is 92.4 cm³/mol. The fraction of sp³-hybridized carbons (Fsp3) is 0.333. The molecule has 0 amide bonds. The average molecular weight is 354 g/mol. The van der Waals surface area contributed by atoms with Crippen LogP contribution in [0.25, 0.3) is 21.5 Å². The average Bonchev–Trinajstić information content (AvgIpc) is 3.24. The number of aromatic nitrogens is 2.